The molecule has 3 nitrogen and oxygen atoms in total. The highest BCUT2D eigenvalue weighted by Gasteiger charge is 1.96. The highest BCUT2D eigenvalue weighted by atomic mass is 79.9. The van der Waals surface area contributed by atoms with Crippen molar-refractivity contribution in [2.24, 2.45) is 0 Å². The lowest BCUT2D eigenvalue weighted by Crippen LogP contribution is -2.06. The molecule has 0 saturated heterocycles. The van der Waals surface area contributed by atoms with Crippen molar-refractivity contribution in [3.63, 3.8) is 0 Å². The van der Waals surface area contributed by atoms with Gasteiger partial charge in [-0.1, -0.05) is 0 Å². The number of ether oxygens (including phenoxy) is 1. The quantitative estimate of drug-likeness (QED) is 0.797. The predicted molar refractivity (Wildman–Crippen MR) is 61.5 cm³/mol. The summed E-state index contributed by atoms with van der Waals surface area (Å²) in [6.07, 6.45) is 4.57. The maximum absolute atomic E-state index is 5.24. The minimum atomic E-state index is 0.791. The van der Waals surface area contributed by atoms with Gasteiger partial charge < -0.3 is 10.1 Å². The molecule has 0 unspecified atom stereocenters. The van der Waals surface area contributed by atoms with E-state index >= 15 is 0 Å². The van der Waals surface area contributed by atoms with Gasteiger partial charge in [0.25, 0.3) is 0 Å². The Hall–Kier alpha value is -0.610. The molecule has 1 heterocycles. The van der Waals surface area contributed by atoms with E-state index in [2.05, 4.69) is 26.2 Å². The van der Waals surface area contributed by atoms with Crippen LogP contribution < -0.4 is 5.32 Å². The molecular weight excluding hydrogens is 244 g/mol. The van der Waals surface area contributed by atoms with E-state index in [1.54, 1.807) is 12.4 Å². The van der Waals surface area contributed by atoms with Crippen LogP contribution in [0.15, 0.2) is 22.9 Å². The summed E-state index contributed by atoms with van der Waals surface area (Å²) in [6.45, 7) is 4.53. The van der Waals surface area contributed by atoms with Crippen molar-refractivity contribution in [1.29, 1.82) is 0 Å². The lowest BCUT2D eigenvalue weighted by Gasteiger charge is -2.07. The van der Waals surface area contributed by atoms with Gasteiger partial charge in [0.1, 0.15) is 0 Å². The molecule has 0 atom stereocenters. The van der Waals surface area contributed by atoms with Gasteiger partial charge >= 0.3 is 0 Å². The number of rotatable bonds is 6. The molecule has 14 heavy (non-hydrogen) atoms. The Morgan fingerprint density at radius 1 is 1.57 bits per heavy atom. The van der Waals surface area contributed by atoms with E-state index in [0.29, 0.717) is 0 Å². The zero-order chi connectivity index (χ0) is 10.2. The van der Waals surface area contributed by atoms with E-state index < -0.39 is 0 Å². The Kier molecular flexibility index (Phi) is 5.56. The molecule has 1 aromatic rings. The fourth-order valence-corrected chi connectivity index (χ4v) is 1.45. The molecule has 1 aromatic heterocycles. The van der Waals surface area contributed by atoms with Crippen LogP contribution in [0.25, 0.3) is 0 Å². The average Bonchev–Trinajstić information content (AvgIpc) is 2.20. The van der Waals surface area contributed by atoms with Crippen LogP contribution in [0.4, 0.5) is 5.69 Å². The minimum Gasteiger partial charge on any atom is -0.384 e. The lowest BCUT2D eigenvalue weighted by molar-refractivity contribution is 0.147. The highest BCUT2D eigenvalue weighted by molar-refractivity contribution is 9.10. The number of nitrogens with one attached hydrogen (secondary N) is 1. The van der Waals surface area contributed by atoms with Gasteiger partial charge in [0.05, 0.1) is 10.2 Å². The summed E-state index contributed by atoms with van der Waals surface area (Å²) >= 11 is 3.42. The fraction of sp³-hybridized carbons (Fsp3) is 0.500. The van der Waals surface area contributed by atoms with Crippen LogP contribution in [0.3, 0.4) is 0 Å². The molecule has 1 rings (SSSR count). The molecule has 0 spiro atoms. The first-order chi connectivity index (χ1) is 6.84. The molecule has 1 N–H and O–H groups in total. The molecule has 0 fully saturated rings. The van der Waals surface area contributed by atoms with Crippen molar-refractivity contribution in [2.45, 2.75) is 13.3 Å². The zero-order valence-electron chi connectivity index (χ0n) is 8.29. The molecule has 0 amide bonds. The molecule has 78 valence electrons. The van der Waals surface area contributed by atoms with Crippen LogP contribution in [0, 0.1) is 0 Å². The second-order valence-electron chi connectivity index (χ2n) is 2.83. The second-order valence-corrected chi connectivity index (χ2v) is 3.69. The Morgan fingerprint density at radius 3 is 3.14 bits per heavy atom. The van der Waals surface area contributed by atoms with Crippen LogP contribution in [0.1, 0.15) is 13.3 Å². The molecule has 0 radical (unpaired) electrons. The number of nitrogens with zero attached hydrogens (tertiary/aromatic N) is 1. The van der Waals surface area contributed by atoms with Crippen molar-refractivity contribution < 1.29 is 4.74 Å². The number of pyridine rings is 1. The van der Waals surface area contributed by atoms with Gasteiger partial charge in [0.15, 0.2) is 0 Å². The Balaban J connectivity index is 2.21. The molecule has 4 heteroatoms. The van der Waals surface area contributed by atoms with E-state index in [9.17, 15) is 0 Å². The first kappa shape index (κ1) is 11.5. The third-order valence-electron chi connectivity index (χ3n) is 1.76. The molecule has 0 saturated carbocycles. The fourth-order valence-electron chi connectivity index (χ4n) is 1.06. The lowest BCUT2D eigenvalue weighted by atomic mass is 10.4. The predicted octanol–water partition coefficient (Wildman–Crippen LogP) is 2.68. The summed E-state index contributed by atoms with van der Waals surface area (Å²) in [5.74, 6) is 0. The van der Waals surface area contributed by atoms with Gasteiger partial charge in [0, 0.05) is 32.2 Å². The number of aromatic nitrogens is 1. The summed E-state index contributed by atoms with van der Waals surface area (Å²) in [5, 5.41) is 3.30. The van der Waals surface area contributed by atoms with Crippen molar-refractivity contribution in [2.75, 3.05) is 25.1 Å². The third kappa shape index (κ3) is 4.07. The van der Waals surface area contributed by atoms with E-state index in [1.807, 2.05) is 13.0 Å². The highest BCUT2D eigenvalue weighted by Crippen LogP contribution is 2.19. The number of halogens is 1. The number of hydrogen-bond donors (Lipinski definition) is 1. The Morgan fingerprint density at radius 2 is 2.43 bits per heavy atom. The Bertz CT molecular complexity index is 268. The van der Waals surface area contributed by atoms with E-state index in [1.165, 1.54) is 0 Å². The third-order valence-corrected chi connectivity index (χ3v) is 2.39. The summed E-state index contributed by atoms with van der Waals surface area (Å²) < 4.78 is 6.23. The zero-order valence-corrected chi connectivity index (χ0v) is 9.88. The second kappa shape index (κ2) is 6.79. The minimum absolute atomic E-state index is 0.791. The maximum atomic E-state index is 5.24. The van der Waals surface area contributed by atoms with Gasteiger partial charge in [-0.05, 0) is 35.3 Å². The number of hydrogen-bond acceptors (Lipinski definition) is 3. The standard InChI is InChI=1S/C10H15BrN2O/c1-2-14-7-3-5-13-10-4-6-12-8-9(10)11/h4,6,8H,2-3,5,7H2,1H3,(H,12,13). The van der Waals surface area contributed by atoms with Crippen LogP contribution >= 0.6 is 15.9 Å². The van der Waals surface area contributed by atoms with Gasteiger partial charge in [0.2, 0.25) is 0 Å². The van der Waals surface area contributed by atoms with E-state index in [-0.39, 0.29) is 0 Å². The largest absolute Gasteiger partial charge is 0.384 e. The monoisotopic (exact) mass is 258 g/mol. The topological polar surface area (TPSA) is 34.1 Å². The maximum Gasteiger partial charge on any atom is 0.0590 e. The summed E-state index contributed by atoms with van der Waals surface area (Å²) in [6, 6.07) is 1.95. The van der Waals surface area contributed by atoms with Crippen LogP contribution in [-0.4, -0.2) is 24.7 Å². The molecule has 0 aliphatic carbocycles. The van der Waals surface area contributed by atoms with Crippen LogP contribution in [0.2, 0.25) is 0 Å². The van der Waals surface area contributed by atoms with E-state index in [0.717, 1.165) is 36.3 Å². The molecule has 0 bridgehead atoms. The SMILES string of the molecule is CCOCCCNc1ccncc1Br. The van der Waals surface area contributed by atoms with E-state index in [4.69, 9.17) is 4.74 Å². The van der Waals surface area contributed by atoms with Crippen LogP contribution in [-0.2, 0) is 4.74 Å². The van der Waals surface area contributed by atoms with Gasteiger partial charge in [-0.3, -0.25) is 4.98 Å². The van der Waals surface area contributed by atoms with Crippen molar-refractivity contribution in [3.05, 3.63) is 22.9 Å². The summed E-state index contributed by atoms with van der Waals surface area (Å²) in [5.41, 5.74) is 1.08. The smallest absolute Gasteiger partial charge is 0.0590 e. The summed E-state index contributed by atoms with van der Waals surface area (Å²) in [7, 11) is 0. The van der Waals surface area contributed by atoms with Crippen molar-refractivity contribution >= 4 is 21.6 Å². The van der Waals surface area contributed by atoms with Crippen molar-refractivity contribution in [1.82, 2.24) is 4.98 Å². The normalized spacial score (nSPS) is 10.1. The molecular formula is C10H15BrN2O. The molecule has 0 aliphatic heterocycles. The summed E-state index contributed by atoms with van der Waals surface area (Å²) in [4.78, 5) is 3.99. The average molecular weight is 259 g/mol. The number of anilines is 1. The molecule has 0 aliphatic rings. The van der Waals surface area contributed by atoms with Crippen LogP contribution in [0.5, 0.6) is 0 Å². The first-order valence-corrected chi connectivity index (χ1v) is 5.55. The molecule has 0 aromatic carbocycles. The van der Waals surface area contributed by atoms with Gasteiger partial charge in [-0.15, -0.1) is 0 Å². The van der Waals surface area contributed by atoms with Gasteiger partial charge in [-0.2, -0.15) is 0 Å². The van der Waals surface area contributed by atoms with Crippen molar-refractivity contribution in [3.8, 4) is 0 Å². The van der Waals surface area contributed by atoms with Gasteiger partial charge in [-0.25, -0.2) is 0 Å². The Labute approximate surface area is 93.0 Å². The first-order valence-electron chi connectivity index (χ1n) is 4.75.